The zero-order valence-corrected chi connectivity index (χ0v) is 9.06. The van der Waals surface area contributed by atoms with Crippen LogP contribution < -0.4 is 0 Å². The quantitative estimate of drug-likeness (QED) is 0.714. The van der Waals surface area contributed by atoms with Crippen molar-refractivity contribution in [3.05, 3.63) is 30.2 Å². The van der Waals surface area contributed by atoms with Crippen LogP contribution in [0.4, 0.5) is 0 Å². The second kappa shape index (κ2) is 3.46. The molecule has 4 heteroatoms. The largest absolute Gasteiger partial charge is 0.353 e. The summed E-state index contributed by atoms with van der Waals surface area (Å²) in [4.78, 5) is 8.49. The maximum atomic E-state index is 4.97. The van der Waals surface area contributed by atoms with Crippen molar-refractivity contribution >= 4 is 0 Å². The van der Waals surface area contributed by atoms with Gasteiger partial charge in [0, 0.05) is 18.5 Å². The molecule has 2 aromatic rings. The second-order valence-corrected chi connectivity index (χ2v) is 4.42. The molecule has 0 aliphatic carbocycles. The van der Waals surface area contributed by atoms with E-state index in [0.717, 1.165) is 5.56 Å². The van der Waals surface area contributed by atoms with Crippen molar-refractivity contribution in [3.63, 3.8) is 0 Å². The van der Waals surface area contributed by atoms with Crippen LogP contribution in [-0.4, -0.2) is 15.1 Å². The molecule has 0 radical (unpaired) electrons. The van der Waals surface area contributed by atoms with Crippen LogP contribution in [0.5, 0.6) is 0 Å². The molecule has 78 valence electrons. The van der Waals surface area contributed by atoms with Gasteiger partial charge < -0.3 is 4.52 Å². The monoisotopic (exact) mass is 203 g/mol. The van der Waals surface area contributed by atoms with Gasteiger partial charge in [0.05, 0.1) is 6.20 Å². The van der Waals surface area contributed by atoms with Crippen LogP contribution in [0.15, 0.2) is 29.2 Å². The Morgan fingerprint density at radius 2 is 1.80 bits per heavy atom. The molecule has 2 rings (SSSR count). The van der Waals surface area contributed by atoms with Crippen molar-refractivity contribution in [2.24, 2.45) is 0 Å². The lowest BCUT2D eigenvalue weighted by Gasteiger charge is -2.17. The van der Waals surface area contributed by atoms with Gasteiger partial charge in [0.1, 0.15) is 0 Å². The minimum atomic E-state index is 0.0694. The summed E-state index contributed by atoms with van der Waals surface area (Å²) in [6, 6.07) is 1.74. The molecule has 0 bridgehead atoms. The first-order valence-corrected chi connectivity index (χ1v) is 4.81. The van der Waals surface area contributed by atoms with Gasteiger partial charge in [-0.15, -0.1) is 0 Å². The van der Waals surface area contributed by atoms with Crippen LogP contribution >= 0.6 is 0 Å². The fourth-order valence-corrected chi connectivity index (χ4v) is 1.17. The summed E-state index contributed by atoms with van der Waals surface area (Å²) in [5.74, 6) is 1.16. The molecule has 0 aliphatic heterocycles. The van der Waals surface area contributed by atoms with E-state index in [4.69, 9.17) is 4.52 Å². The second-order valence-electron chi connectivity index (χ2n) is 4.42. The van der Waals surface area contributed by atoms with Crippen molar-refractivity contribution in [1.29, 1.82) is 0 Å². The molecule has 0 N–H and O–H groups in total. The highest BCUT2D eigenvalue weighted by Crippen LogP contribution is 2.21. The third-order valence-corrected chi connectivity index (χ3v) is 2.18. The van der Waals surface area contributed by atoms with E-state index in [1.165, 1.54) is 0 Å². The Bertz CT molecular complexity index is 426. The summed E-state index contributed by atoms with van der Waals surface area (Å²) in [6.07, 6.45) is 5.23. The van der Waals surface area contributed by atoms with Crippen LogP contribution in [0.2, 0.25) is 0 Å². The number of hydrogen-bond donors (Lipinski definition) is 0. The molecular weight excluding hydrogens is 190 g/mol. The van der Waals surface area contributed by atoms with Crippen LogP contribution in [0.3, 0.4) is 0 Å². The van der Waals surface area contributed by atoms with Crippen LogP contribution in [0.25, 0.3) is 11.6 Å². The van der Waals surface area contributed by atoms with Crippen LogP contribution in [0.1, 0.15) is 26.3 Å². The lowest BCUT2D eigenvalue weighted by Crippen LogP contribution is -2.12. The minimum Gasteiger partial charge on any atom is -0.353 e. The fraction of sp³-hybridized carbons (Fsp3) is 0.364. The van der Waals surface area contributed by atoms with Gasteiger partial charge in [-0.2, -0.15) is 0 Å². The average Bonchev–Trinajstić information content (AvgIpc) is 2.69. The molecule has 15 heavy (non-hydrogen) atoms. The summed E-state index contributed by atoms with van der Waals surface area (Å²) in [5, 5.41) is 3.61. The smallest absolute Gasteiger partial charge is 0.204 e. The molecule has 0 spiro atoms. The lowest BCUT2D eigenvalue weighted by atomic mass is 9.89. The topological polar surface area (TPSA) is 51.8 Å². The molecule has 0 atom stereocenters. The highest BCUT2D eigenvalue weighted by molar-refractivity contribution is 5.44. The first-order chi connectivity index (χ1) is 7.07. The molecule has 0 unspecified atom stereocenters. The van der Waals surface area contributed by atoms with Crippen molar-refractivity contribution < 1.29 is 4.52 Å². The van der Waals surface area contributed by atoms with Crippen molar-refractivity contribution in [2.45, 2.75) is 26.2 Å². The Balaban J connectivity index is 2.33. The zero-order valence-electron chi connectivity index (χ0n) is 9.06. The molecule has 0 saturated carbocycles. The fourth-order valence-electron chi connectivity index (χ4n) is 1.17. The lowest BCUT2D eigenvalue weighted by molar-refractivity contribution is 0.429. The molecule has 0 fully saturated rings. The summed E-state index contributed by atoms with van der Waals surface area (Å²) in [6.45, 7) is 6.37. The van der Waals surface area contributed by atoms with Crippen LogP contribution in [-0.2, 0) is 5.41 Å². The van der Waals surface area contributed by atoms with E-state index in [-0.39, 0.29) is 5.41 Å². The SMILES string of the molecule is CC(C)(C)c1cnc(-c2ccno2)nc1. The highest BCUT2D eigenvalue weighted by Gasteiger charge is 2.15. The maximum Gasteiger partial charge on any atom is 0.204 e. The molecule has 0 aliphatic rings. The number of aromatic nitrogens is 3. The third kappa shape index (κ3) is 2.03. The summed E-state index contributed by atoms with van der Waals surface area (Å²) < 4.78 is 4.97. The summed E-state index contributed by atoms with van der Waals surface area (Å²) in [7, 11) is 0. The molecule has 4 nitrogen and oxygen atoms in total. The van der Waals surface area contributed by atoms with E-state index in [2.05, 4.69) is 35.9 Å². The number of nitrogens with zero attached hydrogens (tertiary/aromatic N) is 3. The van der Waals surface area contributed by atoms with E-state index in [1.807, 2.05) is 12.4 Å². The average molecular weight is 203 g/mol. The Morgan fingerprint density at radius 1 is 1.13 bits per heavy atom. The zero-order chi connectivity index (χ0) is 10.9. The molecule has 0 aromatic carbocycles. The third-order valence-electron chi connectivity index (χ3n) is 2.18. The van der Waals surface area contributed by atoms with Gasteiger partial charge in [-0.05, 0) is 11.0 Å². The molecular formula is C11H13N3O. The van der Waals surface area contributed by atoms with Crippen molar-refractivity contribution in [3.8, 4) is 11.6 Å². The predicted molar refractivity (Wildman–Crippen MR) is 56.2 cm³/mol. The number of rotatable bonds is 1. The van der Waals surface area contributed by atoms with Crippen molar-refractivity contribution in [1.82, 2.24) is 15.1 Å². The number of hydrogen-bond acceptors (Lipinski definition) is 4. The Labute approximate surface area is 88.4 Å². The minimum absolute atomic E-state index is 0.0694. The standard InChI is InChI=1S/C11H13N3O/c1-11(2,3)8-6-12-10(13-7-8)9-4-5-14-15-9/h4-7H,1-3H3. The van der Waals surface area contributed by atoms with Gasteiger partial charge in [-0.3, -0.25) is 0 Å². The van der Waals surface area contributed by atoms with E-state index in [0.29, 0.717) is 11.6 Å². The molecule has 2 heterocycles. The van der Waals surface area contributed by atoms with E-state index >= 15 is 0 Å². The van der Waals surface area contributed by atoms with Crippen molar-refractivity contribution in [2.75, 3.05) is 0 Å². The van der Waals surface area contributed by atoms with Gasteiger partial charge in [0.15, 0.2) is 5.82 Å². The first-order valence-electron chi connectivity index (χ1n) is 4.81. The van der Waals surface area contributed by atoms with E-state index < -0.39 is 0 Å². The van der Waals surface area contributed by atoms with Gasteiger partial charge in [-0.1, -0.05) is 25.9 Å². The summed E-state index contributed by atoms with van der Waals surface area (Å²) in [5.41, 5.74) is 1.17. The Morgan fingerprint density at radius 3 is 2.27 bits per heavy atom. The van der Waals surface area contributed by atoms with Gasteiger partial charge in [0.25, 0.3) is 0 Å². The molecule has 2 aromatic heterocycles. The summed E-state index contributed by atoms with van der Waals surface area (Å²) >= 11 is 0. The normalized spacial score (nSPS) is 11.7. The molecule has 0 saturated heterocycles. The maximum absolute atomic E-state index is 4.97. The molecule has 0 amide bonds. The first kappa shape index (κ1) is 9.83. The van der Waals surface area contributed by atoms with E-state index in [1.54, 1.807) is 12.3 Å². The van der Waals surface area contributed by atoms with E-state index in [9.17, 15) is 0 Å². The van der Waals surface area contributed by atoms with Gasteiger partial charge in [0.2, 0.25) is 5.76 Å². The highest BCUT2D eigenvalue weighted by atomic mass is 16.5. The Kier molecular flexibility index (Phi) is 2.26. The Hall–Kier alpha value is -1.71. The van der Waals surface area contributed by atoms with Gasteiger partial charge in [-0.25, -0.2) is 9.97 Å². The van der Waals surface area contributed by atoms with Gasteiger partial charge >= 0.3 is 0 Å². The predicted octanol–water partition coefficient (Wildman–Crippen LogP) is 2.43. The van der Waals surface area contributed by atoms with Crippen LogP contribution in [0, 0.1) is 0 Å².